The molecular formula is C14H10F2N2S. The van der Waals surface area contributed by atoms with Crippen molar-refractivity contribution >= 4 is 32.4 Å². The standard InChI is InChI=1S/C14H10F2N2S/c1-8-10(16)3-2-4-11(8)17-14-18-12-7-9(15)5-6-13(12)19-14/h2-7H,1H3,(H,17,18). The van der Waals surface area contributed by atoms with Crippen molar-refractivity contribution in [1.82, 2.24) is 4.98 Å². The van der Waals surface area contributed by atoms with Gasteiger partial charge in [0.25, 0.3) is 0 Å². The third-order valence-electron chi connectivity index (χ3n) is 2.86. The quantitative estimate of drug-likeness (QED) is 0.738. The summed E-state index contributed by atoms with van der Waals surface area (Å²) in [6.07, 6.45) is 0. The monoisotopic (exact) mass is 276 g/mol. The first-order valence-corrected chi connectivity index (χ1v) is 6.53. The van der Waals surface area contributed by atoms with E-state index in [-0.39, 0.29) is 11.6 Å². The van der Waals surface area contributed by atoms with Crippen molar-refractivity contribution in [2.24, 2.45) is 0 Å². The van der Waals surface area contributed by atoms with Crippen molar-refractivity contribution in [3.63, 3.8) is 0 Å². The van der Waals surface area contributed by atoms with E-state index >= 15 is 0 Å². The average molecular weight is 276 g/mol. The number of nitrogens with one attached hydrogen (secondary N) is 1. The number of thiazole rings is 1. The van der Waals surface area contributed by atoms with Gasteiger partial charge in [-0.2, -0.15) is 0 Å². The zero-order chi connectivity index (χ0) is 13.4. The molecule has 3 aromatic rings. The molecule has 19 heavy (non-hydrogen) atoms. The molecule has 96 valence electrons. The highest BCUT2D eigenvalue weighted by Crippen LogP contribution is 2.30. The summed E-state index contributed by atoms with van der Waals surface area (Å²) in [7, 11) is 0. The fourth-order valence-electron chi connectivity index (χ4n) is 1.81. The maximum atomic E-state index is 13.4. The van der Waals surface area contributed by atoms with E-state index in [2.05, 4.69) is 10.3 Å². The molecule has 0 aliphatic heterocycles. The fraction of sp³-hybridized carbons (Fsp3) is 0.0714. The Balaban J connectivity index is 1.99. The Bertz CT molecular complexity index is 752. The summed E-state index contributed by atoms with van der Waals surface area (Å²) in [6.45, 7) is 1.70. The summed E-state index contributed by atoms with van der Waals surface area (Å²) in [4.78, 5) is 4.28. The SMILES string of the molecule is Cc1c(F)cccc1Nc1nc2cc(F)ccc2s1. The van der Waals surface area contributed by atoms with Crippen molar-refractivity contribution in [2.75, 3.05) is 5.32 Å². The van der Waals surface area contributed by atoms with Crippen molar-refractivity contribution in [2.45, 2.75) is 6.92 Å². The lowest BCUT2D eigenvalue weighted by atomic mass is 10.2. The van der Waals surface area contributed by atoms with Crippen LogP contribution in [-0.2, 0) is 0 Å². The highest BCUT2D eigenvalue weighted by Gasteiger charge is 2.08. The number of benzene rings is 2. The maximum Gasteiger partial charge on any atom is 0.188 e. The molecule has 0 saturated heterocycles. The summed E-state index contributed by atoms with van der Waals surface area (Å²) in [5.41, 5.74) is 1.80. The van der Waals surface area contributed by atoms with Crippen LogP contribution in [0, 0.1) is 18.6 Å². The van der Waals surface area contributed by atoms with Gasteiger partial charge in [0, 0.05) is 17.3 Å². The van der Waals surface area contributed by atoms with E-state index < -0.39 is 0 Å². The zero-order valence-electron chi connectivity index (χ0n) is 10.1. The number of fused-ring (bicyclic) bond motifs is 1. The molecule has 0 saturated carbocycles. The maximum absolute atomic E-state index is 13.4. The lowest BCUT2D eigenvalue weighted by Crippen LogP contribution is -1.94. The minimum Gasteiger partial charge on any atom is -0.331 e. The molecule has 0 bridgehead atoms. The summed E-state index contributed by atoms with van der Waals surface area (Å²) in [5.74, 6) is -0.580. The second-order valence-corrected chi connectivity index (χ2v) is 5.20. The van der Waals surface area contributed by atoms with Crippen LogP contribution in [0.5, 0.6) is 0 Å². The number of rotatable bonds is 2. The van der Waals surface area contributed by atoms with E-state index in [1.807, 2.05) is 0 Å². The molecule has 1 aromatic heterocycles. The van der Waals surface area contributed by atoms with Gasteiger partial charge >= 0.3 is 0 Å². The molecule has 0 unspecified atom stereocenters. The predicted octanol–water partition coefficient (Wildman–Crippen LogP) is 4.63. The molecular weight excluding hydrogens is 266 g/mol. The van der Waals surface area contributed by atoms with E-state index in [9.17, 15) is 8.78 Å². The molecule has 0 aliphatic carbocycles. The largest absolute Gasteiger partial charge is 0.331 e. The van der Waals surface area contributed by atoms with E-state index in [0.717, 1.165) is 4.70 Å². The zero-order valence-corrected chi connectivity index (χ0v) is 10.9. The van der Waals surface area contributed by atoms with Crippen molar-refractivity contribution in [1.29, 1.82) is 0 Å². The van der Waals surface area contributed by atoms with Crippen molar-refractivity contribution < 1.29 is 8.78 Å². The first-order valence-electron chi connectivity index (χ1n) is 5.72. The molecule has 0 aliphatic rings. The van der Waals surface area contributed by atoms with Gasteiger partial charge in [0.1, 0.15) is 11.6 Å². The lowest BCUT2D eigenvalue weighted by Gasteiger charge is -2.06. The Morgan fingerprint density at radius 1 is 1.16 bits per heavy atom. The molecule has 2 nitrogen and oxygen atoms in total. The predicted molar refractivity (Wildman–Crippen MR) is 74.0 cm³/mol. The Morgan fingerprint density at radius 3 is 2.84 bits per heavy atom. The van der Waals surface area contributed by atoms with Crippen LogP contribution in [0.15, 0.2) is 36.4 Å². The lowest BCUT2D eigenvalue weighted by molar-refractivity contribution is 0.619. The fourth-order valence-corrected chi connectivity index (χ4v) is 2.67. The number of hydrogen-bond acceptors (Lipinski definition) is 3. The molecule has 3 rings (SSSR count). The van der Waals surface area contributed by atoms with E-state index in [1.54, 1.807) is 25.1 Å². The second-order valence-electron chi connectivity index (χ2n) is 4.17. The Kier molecular flexibility index (Phi) is 2.91. The Hall–Kier alpha value is -2.01. The normalized spacial score (nSPS) is 10.9. The number of halogens is 2. The summed E-state index contributed by atoms with van der Waals surface area (Å²) < 4.78 is 27.4. The van der Waals surface area contributed by atoms with Crippen LogP contribution < -0.4 is 5.32 Å². The van der Waals surface area contributed by atoms with Gasteiger partial charge in [-0.05, 0) is 31.2 Å². The van der Waals surface area contributed by atoms with Crippen LogP contribution >= 0.6 is 11.3 Å². The molecule has 0 radical (unpaired) electrons. The second kappa shape index (κ2) is 4.59. The summed E-state index contributed by atoms with van der Waals surface area (Å²) in [6, 6.07) is 9.30. The Morgan fingerprint density at radius 2 is 2.00 bits per heavy atom. The first-order chi connectivity index (χ1) is 9.13. The number of nitrogens with zero attached hydrogens (tertiary/aromatic N) is 1. The molecule has 0 amide bonds. The van der Waals surface area contributed by atoms with Crippen LogP contribution in [-0.4, -0.2) is 4.98 Å². The van der Waals surface area contributed by atoms with Gasteiger partial charge in [0.05, 0.1) is 10.2 Å². The van der Waals surface area contributed by atoms with Gasteiger partial charge in [-0.1, -0.05) is 17.4 Å². The number of hydrogen-bond donors (Lipinski definition) is 1. The molecule has 0 atom stereocenters. The highest BCUT2D eigenvalue weighted by atomic mass is 32.1. The molecule has 5 heteroatoms. The first kappa shape index (κ1) is 12.0. The third-order valence-corrected chi connectivity index (χ3v) is 3.81. The van der Waals surface area contributed by atoms with Gasteiger partial charge in [0.2, 0.25) is 0 Å². The van der Waals surface area contributed by atoms with Gasteiger partial charge in [-0.3, -0.25) is 0 Å². The Labute approximate surface area is 112 Å². The van der Waals surface area contributed by atoms with Gasteiger partial charge in [-0.25, -0.2) is 13.8 Å². The van der Waals surface area contributed by atoms with Crippen LogP contribution in [0.1, 0.15) is 5.56 Å². The van der Waals surface area contributed by atoms with Crippen LogP contribution in [0.2, 0.25) is 0 Å². The van der Waals surface area contributed by atoms with Crippen LogP contribution in [0.25, 0.3) is 10.2 Å². The summed E-state index contributed by atoms with van der Waals surface area (Å²) in [5, 5.41) is 3.69. The number of anilines is 2. The van der Waals surface area contributed by atoms with E-state index in [1.165, 1.54) is 29.5 Å². The molecule has 0 spiro atoms. The third kappa shape index (κ3) is 2.29. The minimum absolute atomic E-state index is 0.267. The van der Waals surface area contributed by atoms with Crippen molar-refractivity contribution in [3.05, 3.63) is 53.6 Å². The van der Waals surface area contributed by atoms with E-state index in [4.69, 9.17) is 0 Å². The average Bonchev–Trinajstić information content (AvgIpc) is 2.76. The molecule has 1 N–H and O–H groups in total. The van der Waals surface area contributed by atoms with Gasteiger partial charge < -0.3 is 5.32 Å². The minimum atomic E-state index is -0.314. The molecule has 1 heterocycles. The van der Waals surface area contributed by atoms with Crippen molar-refractivity contribution in [3.8, 4) is 0 Å². The molecule has 2 aromatic carbocycles. The molecule has 0 fully saturated rings. The van der Waals surface area contributed by atoms with Crippen LogP contribution in [0.4, 0.5) is 19.6 Å². The van der Waals surface area contributed by atoms with Gasteiger partial charge in [0.15, 0.2) is 5.13 Å². The summed E-state index contributed by atoms with van der Waals surface area (Å²) >= 11 is 1.40. The topological polar surface area (TPSA) is 24.9 Å². The smallest absolute Gasteiger partial charge is 0.188 e. The van der Waals surface area contributed by atoms with E-state index in [0.29, 0.717) is 21.9 Å². The highest BCUT2D eigenvalue weighted by molar-refractivity contribution is 7.22. The van der Waals surface area contributed by atoms with Crippen LogP contribution in [0.3, 0.4) is 0 Å². The number of aromatic nitrogens is 1. The van der Waals surface area contributed by atoms with Gasteiger partial charge in [-0.15, -0.1) is 0 Å².